The quantitative estimate of drug-likeness (QED) is 0.755. The summed E-state index contributed by atoms with van der Waals surface area (Å²) in [6.45, 7) is 2.11. The Bertz CT molecular complexity index is 791. The summed E-state index contributed by atoms with van der Waals surface area (Å²) in [6.07, 6.45) is 1.83. The van der Waals surface area contributed by atoms with Crippen molar-refractivity contribution in [1.29, 1.82) is 5.26 Å². The highest BCUT2D eigenvalue weighted by Crippen LogP contribution is 2.27. The van der Waals surface area contributed by atoms with Crippen molar-refractivity contribution in [1.82, 2.24) is 10.3 Å². The highest BCUT2D eigenvalue weighted by Gasteiger charge is 2.19. The Labute approximate surface area is 140 Å². The minimum absolute atomic E-state index is 0.0388. The number of nitriles is 1. The van der Waals surface area contributed by atoms with Gasteiger partial charge in [-0.15, -0.1) is 11.3 Å². The van der Waals surface area contributed by atoms with Crippen molar-refractivity contribution in [3.8, 4) is 6.07 Å². The zero-order valence-corrected chi connectivity index (χ0v) is 13.6. The van der Waals surface area contributed by atoms with Crippen molar-refractivity contribution in [2.45, 2.75) is 19.0 Å². The minimum atomic E-state index is 0.0388. The van der Waals surface area contributed by atoms with E-state index in [1.54, 1.807) is 11.3 Å². The molecule has 2 atom stereocenters. The van der Waals surface area contributed by atoms with Gasteiger partial charge in [-0.3, -0.25) is 5.32 Å². The molecule has 0 fully saturated rings. The maximum absolute atomic E-state index is 9.08. The number of rotatable bonds is 5. The summed E-state index contributed by atoms with van der Waals surface area (Å²) in [5.41, 5.74) is 2.97. The lowest BCUT2D eigenvalue weighted by Crippen LogP contribution is -2.25. The van der Waals surface area contributed by atoms with Crippen LogP contribution in [0.1, 0.15) is 40.7 Å². The van der Waals surface area contributed by atoms with Crippen LogP contribution in [0, 0.1) is 11.3 Å². The van der Waals surface area contributed by atoms with Crippen molar-refractivity contribution in [3.05, 3.63) is 87.9 Å². The smallest absolute Gasteiger partial charge is 0.114 e. The van der Waals surface area contributed by atoms with Crippen molar-refractivity contribution in [2.24, 2.45) is 0 Å². The summed E-state index contributed by atoms with van der Waals surface area (Å²) in [5, 5.41) is 15.8. The van der Waals surface area contributed by atoms with Crippen molar-refractivity contribution in [2.75, 3.05) is 0 Å². The van der Waals surface area contributed by atoms with E-state index in [1.807, 2.05) is 54.0 Å². The van der Waals surface area contributed by atoms with Gasteiger partial charge in [0, 0.05) is 17.6 Å². The van der Waals surface area contributed by atoms with Crippen LogP contribution in [-0.2, 0) is 0 Å². The highest BCUT2D eigenvalue weighted by molar-refractivity contribution is 7.09. The van der Waals surface area contributed by atoms with Crippen molar-refractivity contribution in [3.63, 3.8) is 0 Å². The highest BCUT2D eigenvalue weighted by atomic mass is 32.1. The molecule has 0 radical (unpaired) electrons. The Morgan fingerprint density at radius 2 is 1.87 bits per heavy atom. The fraction of sp³-hybridized carbons (Fsp3) is 0.158. The maximum Gasteiger partial charge on any atom is 0.114 e. The predicted octanol–water partition coefficient (Wildman–Crippen LogP) is 4.45. The lowest BCUT2D eigenvalue weighted by molar-refractivity contribution is 0.515. The van der Waals surface area contributed by atoms with Gasteiger partial charge in [0.15, 0.2) is 0 Å². The van der Waals surface area contributed by atoms with Gasteiger partial charge in [0.25, 0.3) is 0 Å². The first kappa shape index (κ1) is 15.4. The molecule has 0 saturated heterocycles. The largest absolute Gasteiger partial charge is 0.298 e. The van der Waals surface area contributed by atoms with Gasteiger partial charge in [-0.2, -0.15) is 5.26 Å². The molecule has 23 heavy (non-hydrogen) atoms. The number of benzene rings is 2. The molecule has 3 nitrogen and oxygen atoms in total. The van der Waals surface area contributed by atoms with E-state index >= 15 is 0 Å². The molecule has 0 spiro atoms. The van der Waals surface area contributed by atoms with E-state index < -0.39 is 0 Å². The first-order valence-corrected chi connectivity index (χ1v) is 8.36. The van der Waals surface area contributed by atoms with Gasteiger partial charge < -0.3 is 0 Å². The first-order valence-electron chi connectivity index (χ1n) is 7.48. The topological polar surface area (TPSA) is 48.7 Å². The van der Waals surface area contributed by atoms with Gasteiger partial charge in [-0.25, -0.2) is 4.98 Å². The number of nitrogens with one attached hydrogen (secondary N) is 1. The number of nitrogens with zero attached hydrogens (tertiary/aromatic N) is 2. The van der Waals surface area contributed by atoms with Gasteiger partial charge in [0.1, 0.15) is 5.01 Å². The van der Waals surface area contributed by atoms with E-state index in [-0.39, 0.29) is 12.1 Å². The zero-order valence-electron chi connectivity index (χ0n) is 12.8. The molecule has 1 aromatic heterocycles. The molecule has 3 aromatic rings. The second-order valence-corrected chi connectivity index (χ2v) is 6.27. The summed E-state index contributed by atoms with van der Waals surface area (Å²) in [5.74, 6) is 0. The second-order valence-electron chi connectivity index (χ2n) is 5.34. The Kier molecular flexibility index (Phi) is 4.82. The van der Waals surface area contributed by atoms with Crippen LogP contribution in [0.5, 0.6) is 0 Å². The van der Waals surface area contributed by atoms with Crippen molar-refractivity contribution >= 4 is 11.3 Å². The van der Waals surface area contributed by atoms with Crippen molar-refractivity contribution < 1.29 is 0 Å². The van der Waals surface area contributed by atoms with Crippen LogP contribution in [0.3, 0.4) is 0 Å². The molecule has 0 amide bonds. The molecule has 2 aromatic carbocycles. The Morgan fingerprint density at radius 3 is 2.57 bits per heavy atom. The number of hydrogen-bond acceptors (Lipinski definition) is 4. The second kappa shape index (κ2) is 7.19. The fourth-order valence-electron chi connectivity index (χ4n) is 2.56. The van der Waals surface area contributed by atoms with Gasteiger partial charge in [-0.05, 0) is 30.2 Å². The minimum Gasteiger partial charge on any atom is -0.298 e. The predicted molar refractivity (Wildman–Crippen MR) is 93.1 cm³/mol. The van der Waals surface area contributed by atoms with Gasteiger partial charge in [0.2, 0.25) is 0 Å². The zero-order chi connectivity index (χ0) is 16.1. The average molecular weight is 319 g/mol. The summed E-state index contributed by atoms with van der Waals surface area (Å²) in [4.78, 5) is 4.48. The molecule has 114 valence electrons. The van der Waals surface area contributed by atoms with E-state index in [9.17, 15) is 0 Å². The van der Waals surface area contributed by atoms with Crippen LogP contribution in [0.2, 0.25) is 0 Å². The number of hydrogen-bond donors (Lipinski definition) is 1. The SMILES string of the molecule is C[C@H](N[C@H](c1ccccc1)c1nccs1)c1cccc(C#N)c1. The van der Waals surface area contributed by atoms with E-state index in [2.05, 4.69) is 35.4 Å². The number of aromatic nitrogens is 1. The monoisotopic (exact) mass is 319 g/mol. The number of thiazole rings is 1. The van der Waals surface area contributed by atoms with E-state index in [0.29, 0.717) is 5.56 Å². The Balaban J connectivity index is 1.88. The first-order chi connectivity index (χ1) is 11.3. The Morgan fingerprint density at radius 1 is 1.09 bits per heavy atom. The molecule has 0 aliphatic rings. The van der Waals surface area contributed by atoms with Crippen LogP contribution in [-0.4, -0.2) is 4.98 Å². The normalized spacial score (nSPS) is 13.2. The molecule has 1 N–H and O–H groups in total. The Hall–Kier alpha value is -2.48. The maximum atomic E-state index is 9.08. The van der Waals surface area contributed by atoms with Crippen LogP contribution in [0.4, 0.5) is 0 Å². The fourth-order valence-corrected chi connectivity index (χ4v) is 3.28. The lowest BCUT2D eigenvalue weighted by atomic mass is 10.0. The van der Waals surface area contributed by atoms with Crippen LogP contribution < -0.4 is 5.32 Å². The van der Waals surface area contributed by atoms with Crippen LogP contribution >= 0.6 is 11.3 Å². The van der Waals surface area contributed by atoms with E-state index in [4.69, 9.17) is 5.26 Å². The summed E-state index contributed by atoms with van der Waals surface area (Å²) in [6, 6.07) is 20.4. The third-order valence-corrected chi connectivity index (χ3v) is 4.60. The summed E-state index contributed by atoms with van der Waals surface area (Å²) >= 11 is 1.64. The summed E-state index contributed by atoms with van der Waals surface area (Å²) < 4.78 is 0. The molecule has 0 unspecified atom stereocenters. The van der Waals surface area contributed by atoms with Crippen LogP contribution in [0.25, 0.3) is 0 Å². The van der Waals surface area contributed by atoms with E-state index in [0.717, 1.165) is 10.6 Å². The van der Waals surface area contributed by atoms with Crippen LogP contribution in [0.15, 0.2) is 66.2 Å². The molecular formula is C19H17N3S. The molecule has 0 saturated carbocycles. The molecule has 0 aliphatic carbocycles. The molecule has 0 aliphatic heterocycles. The molecule has 3 rings (SSSR count). The van der Waals surface area contributed by atoms with Gasteiger partial charge in [-0.1, -0.05) is 42.5 Å². The molecule has 4 heteroatoms. The molecular weight excluding hydrogens is 302 g/mol. The lowest BCUT2D eigenvalue weighted by Gasteiger charge is -2.22. The van der Waals surface area contributed by atoms with Gasteiger partial charge >= 0.3 is 0 Å². The third kappa shape index (κ3) is 3.65. The summed E-state index contributed by atoms with van der Waals surface area (Å²) in [7, 11) is 0. The average Bonchev–Trinajstić information content (AvgIpc) is 3.14. The van der Waals surface area contributed by atoms with Gasteiger partial charge in [0.05, 0.1) is 17.7 Å². The standard InChI is InChI=1S/C19H17N3S/c1-14(17-9-5-6-15(12-17)13-20)22-18(19-21-10-11-23-19)16-7-3-2-4-8-16/h2-12,14,18,22H,1H3/t14-,18+/m0/s1. The molecule has 1 heterocycles. The van der Waals surface area contributed by atoms with E-state index in [1.165, 1.54) is 5.56 Å². The molecule has 0 bridgehead atoms. The third-order valence-electron chi connectivity index (χ3n) is 3.76.